The van der Waals surface area contributed by atoms with Gasteiger partial charge < -0.3 is 5.11 Å². The molecule has 0 heterocycles. The van der Waals surface area contributed by atoms with Crippen molar-refractivity contribution in [3.8, 4) is 0 Å². The minimum atomic E-state index is -1.23. The number of alkyl halides is 1. The molecule has 0 saturated heterocycles. The van der Waals surface area contributed by atoms with Crippen LogP contribution < -0.4 is 0 Å². The number of benzene rings is 1. The third-order valence-electron chi connectivity index (χ3n) is 2.06. The highest BCUT2D eigenvalue weighted by molar-refractivity contribution is 5.39. The van der Waals surface area contributed by atoms with Crippen LogP contribution in [0.15, 0.2) is 34.6 Å². The van der Waals surface area contributed by atoms with Crippen LogP contribution >= 0.6 is 0 Å². The van der Waals surface area contributed by atoms with Crippen LogP contribution in [-0.2, 0) is 0 Å². The topological polar surface area (TPSA) is 98.4 Å². The molecule has 84 valence electrons. The SMILES string of the molecule is [N-]=[N+]=N[C@H](CF)[C@H](O)c1ccc(N=O)cc1. The Balaban J connectivity index is 2.89. The van der Waals surface area contributed by atoms with Crippen molar-refractivity contribution in [2.75, 3.05) is 6.67 Å². The largest absolute Gasteiger partial charge is 0.388 e. The van der Waals surface area contributed by atoms with Gasteiger partial charge in [-0.25, -0.2) is 0 Å². The first-order valence-electron chi connectivity index (χ1n) is 4.44. The molecule has 0 radical (unpaired) electrons. The van der Waals surface area contributed by atoms with Crippen molar-refractivity contribution in [3.63, 3.8) is 0 Å². The zero-order valence-electron chi connectivity index (χ0n) is 8.19. The number of nitroso groups, excluding NO2 is 1. The molecule has 0 saturated carbocycles. The zero-order valence-corrected chi connectivity index (χ0v) is 8.19. The van der Waals surface area contributed by atoms with Crippen molar-refractivity contribution in [1.29, 1.82) is 0 Å². The molecule has 0 unspecified atom stereocenters. The highest BCUT2D eigenvalue weighted by Gasteiger charge is 2.19. The molecular weight excluding hydrogens is 215 g/mol. The summed E-state index contributed by atoms with van der Waals surface area (Å²) in [4.78, 5) is 12.6. The maximum absolute atomic E-state index is 12.4. The van der Waals surface area contributed by atoms with Gasteiger partial charge in [-0.3, -0.25) is 4.39 Å². The number of hydrogen-bond donors (Lipinski definition) is 1. The van der Waals surface area contributed by atoms with Gasteiger partial charge in [0.05, 0.1) is 12.1 Å². The number of nitrogens with zero attached hydrogens (tertiary/aromatic N) is 4. The highest BCUT2D eigenvalue weighted by atomic mass is 19.1. The van der Waals surface area contributed by atoms with Crippen LogP contribution in [0.2, 0.25) is 0 Å². The van der Waals surface area contributed by atoms with Crippen LogP contribution in [0.5, 0.6) is 0 Å². The summed E-state index contributed by atoms with van der Waals surface area (Å²) in [5, 5.41) is 15.5. The van der Waals surface area contributed by atoms with Crippen molar-refractivity contribution in [2.24, 2.45) is 10.3 Å². The van der Waals surface area contributed by atoms with Crippen molar-refractivity contribution >= 4 is 5.69 Å². The number of aliphatic hydroxyl groups excluding tert-OH is 1. The second-order valence-corrected chi connectivity index (χ2v) is 3.05. The maximum Gasteiger partial charge on any atom is 0.108 e. The first kappa shape index (κ1) is 12.1. The first-order valence-corrected chi connectivity index (χ1v) is 4.44. The lowest BCUT2D eigenvalue weighted by molar-refractivity contribution is 0.132. The van der Waals surface area contributed by atoms with Gasteiger partial charge in [-0.05, 0) is 28.4 Å². The highest BCUT2D eigenvalue weighted by Crippen LogP contribution is 2.22. The van der Waals surface area contributed by atoms with Gasteiger partial charge in [0.1, 0.15) is 12.4 Å². The molecule has 0 fully saturated rings. The Hall–Kier alpha value is -1.98. The summed E-state index contributed by atoms with van der Waals surface area (Å²) in [5.74, 6) is 0. The Kier molecular flexibility index (Phi) is 4.38. The minimum Gasteiger partial charge on any atom is -0.388 e. The van der Waals surface area contributed by atoms with Crippen LogP contribution in [0.4, 0.5) is 10.1 Å². The predicted molar refractivity (Wildman–Crippen MR) is 55.8 cm³/mol. The van der Waals surface area contributed by atoms with Gasteiger partial charge in [-0.2, -0.15) is 0 Å². The van der Waals surface area contributed by atoms with E-state index < -0.39 is 18.8 Å². The van der Waals surface area contributed by atoms with Gasteiger partial charge in [-0.1, -0.05) is 17.2 Å². The van der Waals surface area contributed by atoms with E-state index in [0.717, 1.165) is 0 Å². The van der Waals surface area contributed by atoms with E-state index in [-0.39, 0.29) is 5.69 Å². The Labute approximate surface area is 90.3 Å². The van der Waals surface area contributed by atoms with Crippen LogP contribution in [0.25, 0.3) is 10.4 Å². The summed E-state index contributed by atoms with van der Waals surface area (Å²) in [6.07, 6.45) is -1.23. The molecule has 0 aliphatic carbocycles. The third-order valence-corrected chi connectivity index (χ3v) is 2.06. The van der Waals surface area contributed by atoms with Gasteiger partial charge in [0.2, 0.25) is 0 Å². The Morgan fingerprint density at radius 2 is 2.06 bits per heavy atom. The Morgan fingerprint density at radius 3 is 2.50 bits per heavy atom. The molecule has 0 spiro atoms. The molecule has 1 aromatic rings. The molecule has 2 atom stereocenters. The number of rotatable bonds is 5. The maximum atomic E-state index is 12.4. The molecule has 0 bridgehead atoms. The third kappa shape index (κ3) is 2.75. The van der Waals surface area contributed by atoms with Crippen molar-refractivity contribution in [2.45, 2.75) is 12.1 Å². The average Bonchev–Trinajstić information content (AvgIpc) is 2.35. The van der Waals surface area contributed by atoms with Crippen LogP contribution in [0.1, 0.15) is 11.7 Å². The summed E-state index contributed by atoms with van der Waals surface area (Å²) in [7, 11) is 0. The lowest BCUT2D eigenvalue weighted by Crippen LogP contribution is -2.17. The van der Waals surface area contributed by atoms with E-state index in [0.29, 0.717) is 5.56 Å². The fourth-order valence-electron chi connectivity index (χ4n) is 1.20. The van der Waals surface area contributed by atoms with E-state index in [2.05, 4.69) is 15.2 Å². The van der Waals surface area contributed by atoms with Crippen LogP contribution in [-0.4, -0.2) is 17.8 Å². The van der Waals surface area contributed by atoms with Crippen LogP contribution in [0.3, 0.4) is 0 Å². The smallest absolute Gasteiger partial charge is 0.108 e. The Bertz CT molecular complexity index is 402. The molecule has 16 heavy (non-hydrogen) atoms. The number of aliphatic hydroxyl groups is 1. The molecule has 0 amide bonds. The molecule has 7 heteroatoms. The molecule has 1 aromatic carbocycles. The van der Waals surface area contributed by atoms with Gasteiger partial charge in [0.25, 0.3) is 0 Å². The van der Waals surface area contributed by atoms with E-state index in [1.807, 2.05) is 0 Å². The molecule has 0 aliphatic heterocycles. The number of azide groups is 1. The lowest BCUT2D eigenvalue weighted by atomic mass is 10.0. The molecular formula is C9H9FN4O2. The number of hydrogen-bond acceptors (Lipinski definition) is 4. The molecule has 1 N–H and O–H groups in total. The Morgan fingerprint density at radius 1 is 1.44 bits per heavy atom. The van der Waals surface area contributed by atoms with Gasteiger partial charge in [-0.15, -0.1) is 4.91 Å². The standard InChI is InChI=1S/C9H9FN4O2/c10-5-8(12-14-11)9(15)6-1-3-7(13-16)4-2-6/h1-4,8-9,15H,5H2/t8-,9-/m1/s1. The summed E-state index contributed by atoms with van der Waals surface area (Å²) in [5.41, 5.74) is 8.74. The van der Waals surface area contributed by atoms with Gasteiger partial charge >= 0.3 is 0 Å². The predicted octanol–water partition coefficient (Wildman–Crippen LogP) is 2.77. The minimum absolute atomic E-state index is 0.205. The second kappa shape index (κ2) is 5.79. The zero-order chi connectivity index (χ0) is 12.0. The van der Waals surface area contributed by atoms with Crippen LogP contribution in [0, 0.1) is 4.91 Å². The average molecular weight is 224 g/mol. The van der Waals surface area contributed by atoms with Crippen molar-refractivity contribution in [1.82, 2.24) is 0 Å². The first-order chi connectivity index (χ1) is 7.72. The second-order valence-electron chi connectivity index (χ2n) is 3.05. The van der Waals surface area contributed by atoms with E-state index in [1.165, 1.54) is 24.3 Å². The van der Waals surface area contributed by atoms with E-state index in [9.17, 15) is 14.4 Å². The lowest BCUT2D eigenvalue weighted by Gasteiger charge is -2.15. The van der Waals surface area contributed by atoms with E-state index in [1.54, 1.807) is 0 Å². The molecule has 6 nitrogen and oxygen atoms in total. The van der Waals surface area contributed by atoms with Gasteiger partial charge in [0.15, 0.2) is 0 Å². The summed E-state index contributed by atoms with van der Waals surface area (Å²) in [6, 6.07) is 4.46. The van der Waals surface area contributed by atoms with Crippen molar-refractivity contribution in [3.05, 3.63) is 45.2 Å². The summed E-state index contributed by atoms with van der Waals surface area (Å²) < 4.78 is 12.4. The fourth-order valence-corrected chi connectivity index (χ4v) is 1.20. The monoisotopic (exact) mass is 224 g/mol. The molecule has 0 aromatic heterocycles. The normalized spacial score (nSPS) is 13.6. The van der Waals surface area contributed by atoms with E-state index in [4.69, 9.17) is 5.53 Å². The molecule has 1 rings (SSSR count). The fraction of sp³-hybridized carbons (Fsp3) is 0.333. The molecule has 0 aliphatic rings. The van der Waals surface area contributed by atoms with Crippen molar-refractivity contribution < 1.29 is 9.50 Å². The summed E-state index contributed by atoms with van der Waals surface area (Å²) >= 11 is 0. The van der Waals surface area contributed by atoms with Gasteiger partial charge in [0, 0.05) is 4.91 Å². The quantitative estimate of drug-likeness (QED) is 0.360. The van der Waals surface area contributed by atoms with E-state index >= 15 is 0 Å². The number of halogens is 1. The summed E-state index contributed by atoms with van der Waals surface area (Å²) in [6.45, 7) is -0.959.